The van der Waals surface area contributed by atoms with E-state index in [2.05, 4.69) is 38.1 Å². The summed E-state index contributed by atoms with van der Waals surface area (Å²) in [7, 11) is 1.71. The molecule has 2 nitrogen and oxygen atoms in total. The van der Waals surface area contributed by atoms with E-state index >= 15 is 0 Å². The first kappa shape index (κ1) is 15.5. The number of fused-ring (bicyclic) bond motifs is 1. The van der Waals surface area contributed by atoms with Gasteiger partial charge in [-0.1, -0.05) is 50.6 Å². The zero-order chi connectivity index (χ0) is 14.1. The minimum absolute atomic E-state index is 0.736. The van der Waals surface area contributed by atoms with Gasteiger partial charge in [0.15, 0.2) is 0 Å². The minimum atomic E-state index is 0.736. The molecular formula is C17H25NO. The third-order valence-electron chi connectivity index (χ3n) is 2.84. The van der Waals surface area contributed by atoms with Crippen LogP contribution in [0.4, 0.5) is 0 Å². The molecule has 0 atom stereocenters. The number of rotatable bonds is 4. The van der Waals surface area contributed by atoms with E-state index < -0.39 is 0 Å². The quantitative estimate of drug-likeness (QED) is 0.895. The van der Waals surface area contributed by atoms with Gasteiger partial charge >= 0.3 is 0 Å². The summed E-state index contributed by atoms with van der Waals surface area (Å²) in [4.78, 5) is 0. The summed E-state index contributed by atoms with van der Waals surface area (Å²) in [5, 5.41) is 2.45. The molecule has 19 heavy (non-hydrogen) atoms. The summed E-state index contributed by atoms with van der Waals surface area (Å²) < 4.78 is 5.36. The van der Waals surface area contributed by atoms with E-state index in [1.807, 2.05) is 12.1 Å². The van der Waals surface area contributed by atoms with Gasteiger partial charge in [-0.3, -0.25) is 0 Å². The third kappa shape index (κ3) is 4.25. The first-order valence-corrected chi connectivity index (χ1v) is 7.03. The highest BCUT2D eigenvalue weighted by Crippen LogP contribution is 2.28. The van der Waals surface area contributed by atoms with Gasteiger partial charge < -0.3 is 10.5 Å². The summed E-state index contributed by atoms with van der Waals surface area (Å²) in [6, 6.07) is 12.5. The Morgan fingerprint density at radius 3 is 2.21 bits per heavy atom. The Morgan fingerprint density at radius 1 is 1.00 bits per heavy atom. The fraction of sp³-hybridized carbons (Fsp3) is 0.412. The van der Waals surface area contributed by atoms with E-state index in [9.17, 15) is 0 Å². The van der Waals surface area contributed by atoms with Gasteiger partial charge in [-0.25, -0.2) is 0 Å². The molecule has 0 aliphatic carbocycles. The molecule has 0 heterocycles. The lowest BCUT2D eigenvalue weighted by atomic mass is 10.0. The van der Waals surface area contributed by atoms with Crippen LogP contribution in [0.2, 0.25) is 0 Å². The van der Waals surface area contributed by atoms with Crippen molar-refractivity contribution in [3.63, 3.8) is 0 Å². The van der Waals surface area contributed by atoms with E-state index in [0.29, 0.717) is 0 Å². The van der Waals surface area contributed by atoms with Crippen LogP contribution in [0.1, 0.15) is 32.3 Å². The van der Waals surface area contributed by atoms with Crippen molar-refractivity contribution in [2.45, 2.75) is 33.1 Å². The number of ether oxygens (including phenoxy) is 1. The van der Waals surface area contributed by atoms with Crippen LogP contribution >= 0.6 is 0 Å². The predicted molar refractivity (Wildman–Crippen MR) is 83.8 cm³/mol. The molecule has 0 fully saturated rings. The first-order chi connectivity index (χ1) is 9.28. The molecule has 0 bridgehead atoms. The molecule has 0 saturated carbocycles. The van der Waals surface area contributed by atoms with Crippen LogP contribution in [-0.4, -0.2) is 13.7 Å². The summed E-state index contributed by atoms with van der Waals surface area (Å²) in [5.74, 6) is 0.937. The van der Waals surface area contributed by atoms with E-state index in [0.717, 1.165) is 25.1 Å². The van der Waals surface area contributed by atoms with Crippen LogP contribution in [0.25, 0.3) is 10.8 Å². The van der Waals surface area contributed by atoms with Crippen LogP contribution < -0.4 is 10.5 Å². The first-order valence-electron chi connectivity index (χ1n) is 7.03. The van der Waals surface area contributed by atoms with Crippen molar-refractivity contribution in [1.82, 2.24) is 0 Å². The molecule has 0 aliphatic rings. The lowest BCUT2D eigenvalue weighted by Crippen LogP contribution is -2.00. The highest BCUT2D eigenvalue weighted by molar-refractivity contribution is 5.91. The Balaban J connectivity index is 0.000000550. The SMILES string of the molecule is CCC.COc1ccc(CCCN)c2ccccc12. The van der Waals surface area contributed by atoms with Gasteiger partial charge in [0.05, 0.1) is 7.11 Å². The minimum Gasteiger partial charge on any atom is -0.496 e. The second kappa shape index (κ2) is 8.54. The van der Waals surface area contributed by atoms with Crippen LogP contribution in [-0.2, 0) is 6.42 Å². The number of hydrogen-bond donors (Lipinski definition) is 1. The average Bonchev–Trinajstić information content (AvgIpc) is 2.45. The van der Waals surface area contributed by atoms with E-state index in [-0.39, 0.29) is 0 Å². The van der Waals surface area contributed by atoms with Gasteiger partial charge in [0.25, 0.3) is 0 Å². The van der Waals surface area contributed by atoms with E-state index in [4.69, 9.17) is 10.5 Å². The van der Waals surface area contributed by atoms with Crippen molar-refractivity contribution in [3.8, 4) is 5.75 Å². The predicted octanol–water partition coefficient (Wildman–Crippen LogP) is 4.16. The van der Waals surface area contributed by atoms with Crippen molar-refractivity contribution in [1.29, 1.82) is 0 Å². The smallest absolute Gasteiger partial charge is 0.126 e. The molecule has 2 heteroatoms. The molecule has 0 aliphatic heterocycles. The molecule has 2 aromatic carbocycles. The van der Waals surface area contributed by atoms with Crippen LogP contribution in [0.15, 0.2) is 36.4 Å². The number of methoxy groups -OCH3 is 1. The van der Waals surface area contributed by atoms with Crippen molar-refractivity contribution < 1.29 is 4.74 Å². The van der Waals surface area contributed by atoms with Gasteiger partial charge in [0.1, 0.15) is 5.75 Å². The third-order valence-corrected chi connectivity index (χ3v) is 2.84. The molecular weight excluding hydrogens is 234 g/mol. The van der Waals surface area contributed by atoms with Crippen molar-refractivity contribution in [2.75, 3.05) is 13.7 Å². The van der Waals surface area contributed by atoms with Gasteiger partial charge in [0.2, 0.25) is 0 Å². The second-order valence-electron chi connectivity index (χ2n) is 4.57. The Morgan fingerprint density at radius 2 is 1.63 bits per heavy atom. The van der Waals surface area contributed by atoms with Crippen LogP contribution in [0.5, 0.6) is 5.75 Å². The second-order valence-corrected chi connectivity index (χ2v) is 4.57. The fourth-order valence-electron chi connectivity index (χ4n) is 2.02. The molecule has 2 rings (SSSR count). The Bertz CT molecular complexity index is 494. The molecule has 0 spiro atoms. The van der Waals surface area contributed by atoms with Crippen molar-refractivity contribution >= 4 is 10.8 Å². The summed E-state index contributed by atoms with van der Waals surface area (Å²) in [6.45, 7) is 4.99. The Labute approximate surface area is 116 Å². The van der Waals surface area contributed by atoms with E-state index in [1.54, 1.807) is 7.11 Å². The number of nitrogens with two attached hydrogens (primary N) is 1. The number of hydrogen-bond acceptors (Lipinski definition) is 2. The van der Waals surface area contributed by atoms with Gasteiger partial charge in [-0.05, 0) is 36.4 Å². The normalized spacial score (nSPS) is 9.89. The van der Waals surface area contributed by atoms with Crippen LogP contribution in [0.3, 0.4) is 0 Å². The summed E-state index contributed by atoms with van der Waals surface area (Å²) in [6.07, 6.45) is 3.30. The van der Waals surface area contributed by atoms with Crippen LogP contribution in [0, 0.1) is 0 Å². The monoisotopic (exact) mass is 259 g/mol. The number of benzene rings is 2. The highest BCUT2D eigenvalue weighted by atomic mass is 16.5. The van der Waals surface area contributed by atoms with Gasteiger partial charge in [0, 0.05) is 5.39 Å². The van der Waals surface area contributed by atoms with Crippen molar-refractivity contribution in [2.24, 2.45) is 5.73 Å². The molecule has 0 radical (unpaired) electrons. The average molecular weight is 259 g/mol. The fourth-order valence-corrected chi connectivity index (χ4v) is 2.02. The summed E-state index contributed by atoms with van der Waals surface area (Å²) in [5.41, 5.74) is 6.90. The zero-order valence-electron chi connectivity index (χ0n) is 12.3. The molecule has 0 unspecified atom stereocenters. The molecule has 0 aromatic heterocycles. The Kier molecular flexibility index (Phi) is 6.98. The van der Waals surface area contributed by atoms with Gasteiger partial charge in [-0.2, -0.15) is 0 Å². The highest BCUT2D eigenvalue weighted by Gasteiger charge is 2.04. The molecule has 0 saturated heterocycles. The topological polar surface area (TPSA) is 35.2 Å². The maximum atomic E-state index is 5.55. The van der Waals surface area contributed by atoms with Crippen molar-refractivity contribution in [3.05, 3.63) is 42.0 Å². The zero-order valence-corrected chi connectivity index (χ0v) is 12.3. The largest absolute Gasteiger partial charge is 0.496 e. The molecule has 0 amide bonds. The Hall–Kier alpha value is -1.54. The molecule has 2 aromatic rings. The number of aryl methyl sites for hydroxylation is 1. The maximum Gasteiger partial charge on any atom is 0.126 e. The lowest BCUT2D eigenvalue weighted by molar-refractivity contribution is 0.419. The summed E-state index contributed by atoms with van der Waals surface area (Å²) >= 11 is 0. The molecule has 2 N–H and O–H groups in total. The molecule has 104 valence electrons. The lowest BCUT2D eigenvalue weighted by Gasteiger charge is -2.09. The maximum absolute atomic E-state index is 5.55. The standard InChI is InChI=1S/C14H17NO.C3H8/c1-16-14-9-8-11(5-4-10-15)12-6-2-3-7-13(12)14;1-3-2/h2-3,6-9H,4-5,10,15H2,1H3;3H2,1-2H3. The van der Waals surface area contributed by atoms with E-state index in [1.165, 1.54) is 22.8 Å². The van der Waals surface area contributed by atoms with Gasteiger partial charge in [-0.15, -0.1) is 0 Å².